The largest absolute Gasteiger partial charge is 0.454 e. The van der Waals surface area contributed by atoms with Crippen LogP contribution in [0.25, 0.3) is 0 Å². The monoisotopic (exact) mass is 322 g/mol. The Morgan fingerprint density at radius 1 is 1.33 bits per heavy atom. The standard InChI is InChI=1S/C19H18N2O3/c1-3-21(14(2)16-5-4-10-20-12-16)19(22)9-7-15-6-8-17-18(11-15)24-13-23-17/h4-6,8,10-12,14H,3,13H2,1-2H3/t14-/m0/s1. The average Bonchev–Trinajstić information content (AvgIpc) is 3.09. The van der Waals surface area contributed by atoms with Crippen molar-refractivity contribution in [3.05, 3.63) is 53.9 Å². The number of aromatic nitrogens is 1. The van der Waals surface area contributed by atoms with Gasteiger partial charge in [-0.2, -0.15) is 0 Å². The molecule has 1 aliphatic rings. The number of hydrogen-bond acceptors (Lipinski definition) is 4. The molecule has 0 fully saturated rings. The summed E-state index contributed by atoms with van der Waals surface area (Å²) in [5.41, 5.74) is 1.70. The summed E-state index contributed by atoms with van der Waals surface area (Å²) in [5, 5.41) is 0. The third-order valence-electron chi connectivity index (χ3n) is 3.92. The average molecular weight is 322 g/mol. The number of nitrogens with zero attached hydrogens (tertiary/aromatic N) is 2. The van der Waals surface area contributed by atoms with Gasteiger partial charge >= 0.3 is 0 Å². The van der Waals surface area contributed by atoms with Crippen molar-refractivity contribution < 1.29 is 14.3 Å². The molecule has 3 rings (SSSR count). The lowest BCUT2D eigenvalue weighted by Crippen LogP contribution is -2.32. The summed E-state index contributed by atoms with van der Waals surface area (Å²) in [6.07, 6.45) is 3.49. The van der Waals surface area contributed by atoms with Gasteiger partial charge in [-0.3, -0.25) is 9.78 Å². The van der Waals surface area contributed by atoms with Crippen molar-refractivity contribution in [1.29, 1.82) is 0 Å². The number of benzene rings is 1. The van der Waals surface area contributed by atoms with Crippen LogP contribution in [-0.4, -0.2) is 29.1 Å². The molecule has 5 nitrogen and oxygen atoms in total. The maximum Gasteiger partial charge on any atom is 0.299 e. The van der Waals surface area contributed by atoms with Gasteiger partial charge in [-0.1, -0.05) is 12.0 Å². The summed E-state index contributed by atoms with van der Waals surface area (Å²) in [4.78, 5) is 18.3. The molecule has 2 heterocycles. The van der Waals surface area contributed by atoms with Crippen LogP contribution in [0.3, 0.4) is 0 Å². The minimum absolute atomic E-state index is 0.0812. The summed E-state index contributed by atoms with van der Waals surface area (Å²) in [7, 11) is 0. The Morgan fingerprint density at radius 2 is 2.17 bits per heavy atom. The number of carbonyl (C=O) groups is 1. The van der Waals surface area contributed by atoms with Crippen LogP contribution in [0.2, 0.25) is 0 Å². The molecule has 0 spiro atoms. The lowest BCUT2D eigenvalue weighted by Gasteiger charge is -2.26. The fourth-order valence-electron chi connectivity index (χ4n) is 2.57. The molecule has 0 aliphatic carbocycles. The van der Waals surface area contributed by atoms with E-state index < -0.39 is 0 Å². The van der Waals surface area contributed by atoms with E-state index in [9.17, 15) is 4.79 Å². The number of hydrogen-bond donors (Lipinski definition) is 0. The van der Waals surface area contributed by atoms with E-state index in [0.717, 1.165) is 11.1 Å². The Balaban J connectivity index is 1.76. The van der Waals surface area contributed by atoms with Gasteiger partial charge in [-0.15, -0.1) is 0 Å². The van der Waals surface area contributed by atoms with Crippen LogP contribution < -0.4 is 9.47 Å². The highest BCUT2D eigenvalue weighted by molar-refractivity contribution is 5.94. The van der Waals surface area contributed by atoms with Gasteiger partial charge in [0.15, 0.2) is 11.5 Å². The number of carbonyl (C=O) groups excluding carboxylic acids is 1. The highest BCUT2D eigenvalue weighted by atomic mass is 16.7. The molecule has 1 aromatic carbocycles. The zero-order valence-electron chi connectivity index (χ0n) is 13.7. The van der Waals surface area contributed by atoms with Crippen LogP contribution in [0.15, 0.2) is 42.7 Å². The SMILES string of the molecule is CCN(C(=O)C#Cc1ccc2c(c1)OCO2)[C@@H](C)c1cccnc1. The molecule has 0 saturated carbocycles. The first-order valence-electron chi connectivity index (χ1n) is 7.81. The third-order valence-corrected chi connectivity index (χ3v) is 3.92. The highest BCUT2D eigenvalue weighted by Gasteiger charge is 2.18. The van der Waals surface area contributed by atoms with E-state index >= 15 is 0 Å². The van der Waals surface area contributed by atoms with Crippen molar-refractivity contribution in [2.24, 2.45) is 0 Å². The molecule has 0 unspecified atom stereocenters. The first-order valence-corrected chi connectivity index (χ1v) is 7.81. The molecule has 1 amide bonds. The fraction of sp³-hybridized carbons (Fsp3) is 0.263. The minimum atomic E-state index is -0.216. The van der Waals surface area contributed by atoms with Gasteiger partial charge < -0.3 is 14.4 Å². The van der Waals surface area contributed by atoms with Gasteiger partial charge in [0, 0.05) is 30.4 Å². The molecule has 1 aliphatic heterocycles. The second-order valence-corrected chi connectivity index (χ2v) is 5.37. The Hall–Kier alpha value is -3.00. The van der Waals surface area contributed by atoms with Gasteiger partial charge in [-0.25, -0.2) is 0 Å². The summed E-state index contributed by atoms with van der Waals surface area (Å²) in [5.74, 6) is 6.76. The van der Waals surface area contributed by atoms with Gasteiger partial charge in [0.2, 0.25) is 6.79 Å². The first-order chi connectivity index (χ1) is 11.7. The quantitative estimate of drug-likeness (QED) is 0.816. The zero-order valence-corrected chi connectivity index (χ0v) is 13.7. The van der Waals surface area contributed by atoms with Crippen LogP contribution >= 0.6 is 0 Å². The fourth-order valence-corrected chi connectivity index (χ4v) is 2.57. The lowest BCUT2D eigenvalue weighted by molar-refractivity contribution is -0.126. The summed E-state index contributed by atoms with van der Waals surface area (Å²) >= 11 is 0. The van der Waals surface area contributed by atoms with Crippen LogP contribution in [0.4, 0.5) is 0 Å². The molecule has 0 saturated heterocycles. The predicted molar refractivity (Wildman–Crippen MR) is 89.5 cm³/mol. The second-order valence-electron chi connectivity index (χ2n) is 5.37. The maximum absolute atomic E-state index is 12.5. The van der Waals surface area contributed by atoms with E-state index in [1.807, 2.05) is 32.0 Å². The number of amides is 1. The molecule has 24 heavy (non-hydrogen) atoms. The topological polar surface area (TPSA) is 51.7 Å². The van der Waals surface area contributed by atoms with Crippen molar-refractivity contribution in [3.8, 4) is 23.3 Å². The zero-order chi connectivity index (χ0) is 16.9. The Labute approximate surface area is 141 Å². The molecule has 0 bridgehead atoms. The molecule has 0 radical (unpaired) electrons. The summed E-state index contributed by atoms with van der Waals surface area (Å²) < 4.78 is 10.6. The van der Waals surface area contributed by atoms with Crippen molar-refractivity contribution in [2.75, 3.05) is 13.3 Å². The van der Waals surface area contributed by atoms with Crippen LogP contribution in [0.5, 0.6) is 11.5 Å². The van der Waals surface area contributed by atoms with Crippen molar-refractivity contribution in [3.63, 3.8) is 0 Å². The molecule has 122 valence electrons. The molecular formula is C19H18N2O3. The van der Waals surface area contributed by atoms with Gasteiger partial charge in [-0.05, 0) is 43.7 Å². The van der Waals surface area contributed by atoms with Crippen molar-refractivity contribution >= 4 is 5.91 Å². The normalized spacial score (nSPS) is 12.9. The van der Waals surface area contributed by atoms with Gasteiger partial charge in [0.25, 0.3) is 5.91 Å². The summed E-state index contributed by atoms with van der Waals surface area (Å²) in [6.45, 7) is 4.70. The Kier molecular flexibility index (Phi) is 4.66. The van der Waals surface area contributed by atoms with Crippen molar-refractivity contribution in [1.82, 2.24) is 9.88 Å². The Morgan fingerprint density at radius 3 is 2.92 bits per heavy atom. The van der Waals surface area contributed by atoms with E-state index in [1.54, 1.807) is 29.4 Å². The molecule has 1 aromatic heterocycles. The molecule has 0 N–H and O–H groups in total. The maximum atomic E-state index is 12.5. The number of pyridine rings is 1. The number of fused-ring (bicyclic) bond motifs is 1. The van der Waals surface area contributed by atoms with Crippen LogP contribution in [-0.2, 0) is 4.79 Å². The lowest BCUT2D eigenvalue weighted by atomic mass is 10.1. The Bertz CT molecular complexity index is 793. The summed E-state index contributed by atoms with van der Waals surface area (Å²) in [6, 6.07) is 9.13. The van der Waals surface area contributed by atoms with E-state index in [2.05, 4.69) is 16.8 Å². The molecule has 5 heteroatoms. The predicted octanol–water partition coefficient (Wildman–Crippen LogP) is 2.77. The van der Waals surface area contributed by atoms with Gasteiger partial charge in [0.1, 0.15) is 0 Å². The number of rotatable bonds is 3. The van der Waals surface area contributed by atoms with E-state index in [-0.39, 0.29) is 18.7 Å². The van der Waals surface area contributed by atoms with Crippen LogP contribution in [0.1, 0.15) is 31.0 Å². The van der Waals surface area contributed by atoms with E-state index in [4.69, 9.17) is 9.47 Å². The molecule has 1 atom stereocenters. The number of ether oxygens (including phenoxy) is 2. The smallest absolute Gasteiger partial charge is 0.299 e. The van der Waals surface area contributed by atoms with E-state index in [1.165, 1.54) is 0 Å². The molecule has 2 aromatic rings. The first kappa shape index (κ1) is 15.9. The van der Waals surface area contributed by atoms with Crippen LogP contribution in [0, 0.1) is 11.8 Å². The van der Waals surface area contributed by atoms with Crippen molar-refractivity contribution in [2.45, 2.75) is 19.9 Å². The highest BCUT2D eigenvalue weighted by Crippen LogP contribution is 2.32. The van der Waals surface area contributed by atoms with Gasteiger partial charge in [0.05, 0.1) is 6.04 Å². The molecular weight excluding hydrogens is 304 g/mol. The van der Waals surface area contributed by atoms with E-state index in [0.29, 0.717) is 18.0 Å². The second kappa shape index (κ2) is 7.05. The minimum Gasteiger partial charge on any atom is -0.454 e. The third kappa shape index (κ3) is 3.33.